The second-order valence-corrected chi connectivity index (χ2v) is 9.10. The number of amides is 1. The van der Waals surface area contributed by atoms with Crippen LogP contribution in [0.15, 0.2) is 42.6 Å². The molecule has 0 spiro atoms. The molecule has 1 fully saturated rings. The van der Waals surface area contributed by atoms with Crippen LogP contribution >= 0.6 is 0 Å². The molecule has 0 N–H and O–H groups in total. The largest absolute Gasteiger partial charge is 0.474 e. The molecule has 1 aliphatic rings. The topological polar surface area (TPSA) is 79.8 Å². The maximum atomic E-state index is 13.3. The van der Waals surface area contributed by atoms with E-state index in [2.05, 4.69) is 4.98 Å². The SMILES string of the molecule is CN(c1ccc(OC2CCN(C(=O)Cc3cccc(F)c3)CC2)nc1)S(C)(=O)=O. The summed E-state index contributed by atoms with van der Waals surface area (Å²) in [5.41, 5.74) is 1.12. The molecule has 156 valence electrons. The number of nitrogens with zero attached hydrogens (tertiary/aromatic N) is 3. The standard InChI is InChI=1S/C20H24FN3O4S/c1-23(29(2,26)27)17-6-7-19(22-14-17)28-18-8-10-24(11-9-18)20(25)13-15-4-3-5-16(21)12-15/h3-7,12,14,18H,8-11,13H2,1-2H3. The molecule has 1 aromatic carbocycles. The molecular formula is C20H24FN3O4S. The van der Waals surface area contributed by atoms with Crippen molar-refractivity contribution in [1.29, 1.82) is 0 Å². The highest BCUT2D eigenvalue weighted by molar-refractivity contribution is 7.92. The Labute approximate surface area is 170 Å². The van der Waals surface area contributed by atoms with Gasteiger partial charge in [0.2, 0.25) is 21.8 Å². The van der Waals surface area contributed by atoms with Crippen molar-refractivity contribution in [2.75, 3.05) is 30.7 Å². The number of piperidine rings is 1. The first-order valence-corrected chi connectivity index (χ1v) is 11.2. The summed E-state index contributed by atoms with van der Waals surface area (Å²) in [6.45, 7) is 1.13. The van der Waals surface area contributed by atoms with Crippen LogP contribution in [-0.4, -0.2) is 56.7 Å². The number of pyridine rings is 1. The van der Waals surface area contributed by atoms with Crippen molar-refractivity contribution in [1.82, 2.24) is 9.88 Å². The average molecular weight is 421 g/mol. The van der Waals surface area contributed by atoms with E-state index in [9.17, 15) is 17.6 Å². The number of aromatic nitrogens is 1. The molecule has 7 nitrogen and oxygen atoms in total. The molecule has 2 heterocycles. The normalized spacial score (nSPS) is 15.2. The van der Waals surface area contributed by atoms with Gasteiger partial charge < -0.3 is 9.64 Å². The van der Waals surface area contributed by atoms with E-state index in [0.29, 0.717) is 43.1 Å². The molecule has 1 amide bonds. The Morgan fingerprint density at radius 3 is 2.59 bits per heavy atom. The summed E-state index contributed by atoms with van der Waals surface area (Å²) in [4.78, 5) is 18.4. The fraction of sp³-hybridized carbons (Fsp3) is 0.400. The molecule has 0 atom stereocenters. The van der Waals surface area contributed by atoms with Crippen LogP contribution in [-0.2, 0) is 21.2 Å². The molecular weight excluding hydrogens is 397 g/mol. The number of likely N-dealkylation sites (tertiary alicyclic amines) is 1. The zero-order valence-electron chi connectivity index (χ0n) is 16.4. The lowest BCUT2D eigenvalue weighted by molar-refractivity contribution is -0.132. The van der Waals surface area contributed by atoms with Crippen LogP contribution in [0.1, 0.15) is 18.4 Å². The smallest absolute Gasteiger partial charge is 0.232 e. The highest BCUT2D eigenvalue weighted by Crippen LogP contribution is 2.21. The Bertz CT molecular complexity index is 958. The van der Waals surface area contributed by atoms with Gasteiger partial charge in [-0.25, -0.2) is 17.8 Å². The number of hydrogen-bond acceptors (Lipinski definition) is 5. The molecule has 1 aliphatic heterocycles. The Morgan fingerprint density at radius 1 is 1.28 bits per heavy atom. The molecule has 29 heavy (non-hydrogen) atoms. The van der Waals surface area contributed by atoms with E-state index in [-0.39, 0.29) is 24.2 Å². The second kappa shape index (κ2) is 8.77. The first-order valence-electron chi connectivity index (χ1n) is 9.31. The summed E-state index contributed by atoms with van der Waals surface area (Å²) in [5.74, 6) is 0.0455. The van der Waals surface area contributed by atoms with Gasteiger partial charge in [0.05, 0.1) is 24.6 Å². The summed E-state index contributed by atoms with van der Waals surface area (Å²) < 4.78 is 43.4. The van der Waals surface area contributed by atoms with Gasteiger partial charge >= 0.3 is 0 Å². The second-order valence-electron chi connectivity index (χ2n) is 7.09. The van der Waals surface area contributed by atoms with E-state index < -0.39 is 10.0 Å². The number of ether oxygens (including phenoxy) is 1. The van der Waals surface area contributed by atoms with Crippen LogP contribution < -0.4 is 9.04 Å². The van der Waals surface area contributed by atoms with Crippen LogP contribution in [0.3, 0.4) is 0 Å². The molecule has 0 bridgehead atoms. The average Bonchev–Trinajstić information content (AvgIpc) is 2.68. The minimum atomic E-state index is -3.34. The van der Waals surface area contributed by atoms with Gasteiger partial charge in [-0.2, -0.15) is 0 Å². The first kappa shape index (κ1) is 21.0. The first-order chi connectivity index (χ1) is 13.7. The quantitative estimate of drug-likeness (QED) is 0.715. The summed E-state index contributed by atoms with van der Waals surface area (Å²) >= 11 is 0. The van der Waals surface area contributed by atoms with Crippen molar-refractivity contribution < 1.29 is 22.3 Å². The summed E-state index contributed by atoms with van der Waals surface area (Å²) in [7, 11) is -1.88. The Morgan fingerprint density at radius 2 is 2.00 bits per heavy atom. The van der Waals surface area contributed by atoms with E-state index in [1.807, 2.05) is 0 Å². The van der Waals surface area contributed by atoms with Crippen molar-refractivity contribution in [2.24, 2.45) is 0 Å². The summed E-state index contributed by atoms with van der Waals surface area (Å²) in [6, 6.07) is 9.36. The summed E-state index contributed by atoms with van der Waals surface area (Å²) in [6.07, 6.45) is 4.03. The predicted molar refractivity (Wildman–Crippen MR) is 108 cm³/mol. The zero-order valence-corrected chi connectivity index (χ0v) is 17.2. The van der Waals surface area contributed by atoms with E-state index in [1.165, 1.54) is 25.4 Å². The van der Waals surface area contributed by atoms with E-state index in [4.69, 9.17) is 4.74 Å². The van der Waals surface area contributed by atoms with E-state index in [0.717, 1.165) is 10.6 Å². The van der Waals surface area contributed by atoms with Gasteiger partial charge in [0, 0.05) is 39.0 Å². The monoisotopic (exact) mass is 421 g/mol. The lowest BCUT2D eigenvalue weighted by Crippen LogP contribution is -2.42. The molecule has 3 rings (SSSR count). The van der Waals surface area contributed by atoms with Crippen molar-refractivity contribution in [2.45, 2.75) is 25.4 Å². The van der Waals surface area contributed by atoms with Gasteiger partial charge in [0.15, 0.2) is 0 Å². The van der Waals surface area contributed by atoms with Crippen LogP contribution in [0, 0.1) is 5.82 Å². The number of rotatable bonds is 6. The number of carbonyl (C=O) groups excluding carboxylic acids is 1. The lowest BCUT2D eigenvalue weighted by atomic mass is 10.1. The van der Waals surface area contributed by atoms with Crippen LogP contribution in [0.2, 0.25) is 0 Å². The van der Waals surface area contributed by atoms with Crippen LogP contribution in [0.25, 0.3) is 0 Å². The van der Waals surface area contributed by atoms with Crippen molar-refractivity contribution in [3.05, 3.63) is 54.0 Å². The predicted octanol–water partition coefficient (Wildman–Crippen LogP) is 2.23. The third-order valence-corrected chi connectivity index (χ3v) is 6.11. The van der Waals surface area contributed by atoms with Gasteiger partial charge in [-0.05, 0) is 23.8 Å². The molecule has 1 aromatic heterocycles. The van der Waals surface area contributed by atoms with Crippen molar-refractivity contribution in [3.8, 4) is 5.88 Å². The third kappa shape index (κ3) is 5.66. The Kier molecular flexibility index (Phi) is 6.36. The van der Waals surface area contributed by atoms with Crippen molar-refractivity contribution in [3.63, 3.8) is 0 Å². The highest BCUT2D eigenvalue weighted by Gasteiger charge is 2.24. The van der Waals surface area contributed by atoms with Crippen molar-refractivity contribution >= 4 is 21.6 Å². The van der Waals surface area contributed by atoms with Gasteiger partial charge in [-0.15, -0.1) is 0 Å². The fourth-order valence-electron chi connectivity index (χ4n) is 3.15. The minimum absolute atomic E-state index is 0.0275. The Hall–Kier alpha value is -2.68. The maximum Gasteiger partial charge on any atom is 0.232 e. The van der Waals surface area contributed by atoms with Gasteiger partial charge in [0.25, 0.3) is 0 Å². The molecule has 9 heteroatoms. The number of anilines is 1. The summed E-state index contributed by atoms with van der Waals surface area (Å²) in [5, 5.41) is 0. The minimum Gasteiger partial charge on any atom is -0.474 e. The van der Waals surface area contributed by atoms with E-state index in [1.54, 1.807) is 29.2 Å². The van der Waals surface area contributed by atoms with Crippen LogP contribution in [0.5, 0.6) is 5.88 Å². The molecule has 1 saturated heterocycles. The highest BCUT2D eigenvalue weighted by atomic mass is 32.2. The maximum absolute atomic E-state index is 13.3. The van der Waals surface area contributed by atoms with Crippen LogP contribution in [0.4, 0.5) is 10.1 Å². The number of carbonyl (C=O) groups is 1. The fourth-order valence-corrected chi connectivity index (χ4v) is 3.64. The number of sulfonamides is 1. The third-order valence-electron chi connectivity index (χ3n) is 4.91. The number of hydrogen-bond donors (Lipinski definition) is 0. The van der Waals surface area contributed by atoms with Gasteiger partial charge in [-0.3, -0.25) is 9.10 Å². The molecule has 2 aromatic rings. The van der Waals surface area contributed by atoms with Gasteiger partial charge in [-0.1, -0.05) is 12.1 Å². The lowest BCUT2D eigenvalue weighted by Gasteiger charge is -2.32. The molecule has 0 saturated carbocycles. The zero-order chi connectivity index (χ0) is 21.0. The molecule has 0 unspecified atom stereocenters. The molecule has 0 radical (unpaired) electrons. The molecule has 0 aliphatic carbocycles. The Balaban J connectivity index is 1.50. The number of benzene rings is 1. The van der Waals surface area contributed by atoms with E-state index >= 15 is 0 Å². The number of halogens is 1. The van der Waals surface area contributed by atoms with Gasteiger partial charge in [0.1, 0.15) is 11.9 Å².